The van der Waals surface area contributed by atoms with Crippen LogP contribution in [0.2, 0.25) is 5.02 Å². The van der Waals surface area contributed by atoms with Crippen LogP contribution in [0, 0.1) is 11.7 Å². The predicted molar refractivity (Wildman–Crippen MR) is 85.0 cm³/mol. The molecule has 1 heterocycles. The highest BCUT2D eigenvalue weighted by atomic mass is 35.5. The third-order valence-corrected chi connectivity index (χ3v) is 5.53. The molecule has 0 aromatic heterocycles. The van der Waals surface area contributed by atoms with Crippen molar-refractivity contribution in [1.29, 1.82) is 0 Å². The van der Waals surface area contributed by atoms with E-state index in [1.54, 1.807) is 12.1 Å². The van der Waals surface area contributed by atoms with Crippen molar-refractivity contribution < 1.29 is 4.39 Å². The normalized spacial score (nSPS) is 30.6. The minimum Gasteiger partial charge on any atom is -0.311 e. The topological polar surface area (TPSA) is 15.3 Å². The molecule has 2 fully saturated rings. The van der Waals surface area contributed by atoms with Crippen LogP contribution in [0.3, 0.4) is 0 Å². The van der Waals surface area contributed by atoms with E-state index in [-0.39, 0.29) is 16.4 Å². The predicted octanol–water partition coefficient (Wildman–Crippen LogP) is 3.83. The van der Waals surface area contributed by atoms with Crippen LogP contribution in [-0.4, -0.2) is 29.6 Å². The number of nitrogens with zero attached hydrogens (tertiary/aromatic N) is 1. The first-order chi connectivity index (χ1) is 10.0. The number of rotatable bonds is 4. The summed E-state index contributed by atoms with van der Waals surface area (Å²) in [6.45, 7) is 7.45. The standard InChI is InChI=1S/C17H24ClFN2/c1-3-14-10-21(17(2,11-20-14)13-5-6-13)9-12-4-7-15(18)16(19)8-12/h4,7-8,13-14,20H,3,5-6,9-11H2,1-2H3. The van der Waals surface area contributed by atoms with Gasteiger partial charge in [-0.05, 0) is 49.8 Å². The minimum absolute atomic E-state index is 0.196. The Kier molecular flexibility index (Phi) is 4.26. The van der Waals surface area contributed by atoms with Gasteiger partial charge in [-0.15, -0.1) is 0 Å². The number of benzene rings is 1. The molecule has 2 unspecified atom stereocenters. The molecule has 3 rings (SSSR count). The minimum atomic E-state index is -0.315. The first-order valence-electron chi connectivity index (χ1n) is 7.95. The van der Waals surface area contributed by atoms with Gasteiger partial charge in [-0.25, -0.2) is 4.39 Å². The van der Waals surface area contributed by atoms with E-state index in [0.29, 0.717) is 6.04 Å². The van der Waals surface area contributed by atoms with E-state index in [4.69, 9.17) is 11.6 Å². The van der Waals surface area contributed by atoms with Gasteiger partial charge in [0.15, 0.2) is 0 Å². The van der Waals surface area contributed by atoms with Crippen molar-refractivity contribution in [1.82, 2.24) is 10.2 Å². The fraction of sp³-hybridized carbons (Fsp3) is 0.647. The molecule has 0 radical (unpaired) electrons. The highest BCUT2D eigenvalue weighted by Crippen LogP contribution is 2.44. The fourth-order valence-corrected chi connectivity index (χ4v) is 3.60. The lowest BCUT2D eigenvalue weighted by Crippen LogP contribution is -2.63. The van der Waals surface area contributed by atoms with E-state index >= 15 is 0 Å². The second-order valence-electron chi connectivity index (χ2n) is 6.75. The van der Waals surface area contributed by atoms with Gasteiger partial charge in [-0.1, -0.05) is 24.6 Å². The maximum absolute atomic E-state index is 13.7. The average Bonchev–Trinajstić information content (AvgIpc) is 3.30. The molecule has 2 aliphatic rings. The zero-order valence-electron chi connectivity index (χ0n) is 12.8. The highest BCUT2D eigenvalue weighted by molar-refractivity contribution is 6.30. The lowest BCUT2D eigenvalue weighted by atomic mass is 9.88. The van der Waals surface area contributed by atoms with Crippen LogP contribution >= 0.6 is 11.6 Å². The maximum Gasteiger partial charge on any atom is 0.142 e. The van der Waals surface area contributed by atoms with Crippen LogP contribution in [0.4, 0.5) is 4.39 Å². The van der Waals surface area contributed by atoms with Gasteiger partial charge in [-0.2, -0.15) is 0 Å². The molecular weight excluding hydrogens is 287 g/mol. The second-order valence-corrected chi connectivity index (χ2v) is 7.15. The molecule has 1 saturated heterocycles. The third-order valence-electron chi connectivity index (χ3n) is 5.22. The SMILES string of the molecule is CCC1CN(Cc2ccc(Cl)c(F)c2)C(C)(C2CC2)CN1. The van der Waals surface area contributed by atoms with Crippen LogP contribution in [0.1, 0.15) is 38.7 Å². The van der Waals surface area contributed by atoms with Gasteiger partial charge < -0.3 is 5.32 Å². The molecule has 0 spiro atoms. The molecule has 0 bridgehead atoms. The molecule has 2 nitrogen and oxygen atoms in total. The lowest BCUT2D eigenvalue weighted by molar-refractivity contribution is 0.0270. The van der Waals surface area contributed by atoms with Gasteiger partial charge in [0.05, 0.1) is 5.02 Å². The maximum atomic E-state index is 13.7. The van der Waals surface area contributed by atoms with Gasteiger partial charge in [0.25, 0.3) is 0 Å². The van der Waals surface area contributed by atoms with Crippen LogP contribution in [0.5, 0.6) is 0 Å². The van der Waals surface area contributed by atoms with E-state index in [1.807, 2.05) is 6.07 Å². The molecule has 1 saturated carbocycles. The van der Waals surface area contributed by atoms with Crippen LogP contribution in [-0.2, 0) is 6.54 Å². The first-order valence-corrected chi connectivity index (χ1v) is 8.33. The largest absolute Gasteiger partial charge is 0.311 e. The molecule has 1 aromatic carbocycles. The van der Waals surface area contributed by atoms with E-state index < -0.39 is 0 Å². The van der Waals surface area contributed by atoms with Crippen molar-refractivity contribution in [2.75, 3.05) is 13.1 Å². The smallest absolute Gasteiger partial charge is 0.142 e. The van der Waals surface area contributed by atoms with Crippen molar-refractivity contribution in [3.63, 3.8) is 0 Å². The Morgan fingerprint density at radius 1 is 1.43 bits per heavy atom. The average molecular weight is 311 g/mol. The Bertz CT molecular complexity index is 518. The summed E-state index contributed by atoms with van der Waals surface area (Å²) in [6, 6.07) is 5.73. The van der Waals surface area contributed by atoms with Crippen molar-refractivity contribution in [2.24, 2.45) is 5.92 Å². The molecule has 1 aromatic rings. The summed E-state index contributed by atoms with van der Waals surface area (Å²) in [4.78, 5) is 2.55. The molecule has 1 aliphatic carbocycles. The van der Waals surface area contributed by atoms with E-state index in [2.05, 4.69) is 24.1 Å². The number of halogens is 2. The first kappa shape index (κ1) is 15.3. The Labute approximate surface area is 131 Å². The summed E-state index contributed by atoms with van der Waals surface area (Å²) < 4.78 is 13.7. The summed E-state index contributed by atoms with van der Waals surface area (Å²) in [5.74, 6) is 0.462. The second kappa shape index (κ2) is 5.86. The zero-order chi connectivity index (χ0) is 15.0. The molecule has 0 amide bonds. The van der Waals surface area contributed by atoms with E-state index in [1.165, 1.54) is 12.8 Å². The monoisotopic (exact) mass is 310 g/mol. The van der Waals surface area contributed by atoms with Crippen LogP contribution in [0.15, 0.2) is 18.2 Å². The van der Waals surface area contributed by atoms with Gasteiger partial charge in [0.2, 0.25) is 0 Å². The van der Waals surface area contributed by atoms with Crippen molar-refractivity contribution in [2.45, 2.75) is 51.2 Å². The molecule has 1 aliphatic heterocycles. The van der Waals surface area contributed by atoms with Gasteiger partial charge in [0.1, 0.15) is 5.82 Å². The molecule has 1 N–H and O–H groups in total. The van der Waals surface area contributed by atoms with Crippen LogP contribution in [0.25, 0.3) is 0 Å². The Morgan fingerprint density at radius 3 is 2.81 bits per heavy atom. The lowest BCUT2D eigenvalue weighted by Gasteiger charge is -2.48. The molecule has 116 valence electrons. The highest BCUT2D eigenvalue weighted by Gasteiger charge is 2.47. The number of piperazine rings is 1. The Balaban J connectivity index is 1.79. The van der Waals surface area contributed by atoms with E-state index in [9.17, 15) is 4.39 Å². The van der Waals surface area contributed by atoms with Crippen molar-refractivity contribution in [3.05, 3.63) is 34.6 Å². The Hall–Kier alpha value is -0.640. The van der Waals surface area contributed by atoms with Crippen molar-refractivity contribution >= 4 is 11.6 Å². The molecular formula is C17H24ClFN2. The van der Waals surface area contributed by atoms with Gasteiger partial charge >= 0.3 is 0 Å². The Morgan fingerprint density at radius 2 is 2.19 bits per heavy atom. The van der Waals surface area contributed by atoms with Crippen molar-refractivity contribution in [3.8, 4) is 0 Å². The van der Waals surface area contributed by atoms with Crippen LogP contribution < -0.4 is 5.32 Å². The summed E-state index contributed by atoms with van der Waals surface area (Å²) in [7, 11) is 0. The quantitative estimate of drug-likeness (QED) is 0.909. The number of nitrogens with one attached hydrogen (secondary N) is 1. The third kappa shape index (κ3) is 3.10. The molecule has 4 heteroatoms. The number of hydrogen-bond donors (Lipinski definition) is 1. The summed E-state index contributed by atoms with van der Waals surface area (Å²) >= 11 is 5.79. The summed E-state index contributed by atoms with van der Waals surface area (Å²) in [5.41, 5.74) is 1.21. The molecule has 2 atom stereocenters. The summed E-state index contributed by atoms with van der Waals surface area (Å²) in [5, 5.41) is 3.88. The fourth-order valence-electron chi connectivity index (χ4n) is 3.49. The molecule has 21 heavy (non-hydrogen) atoms. The number of hydrogen-bond acceptors (Lipinski definition) is 2. The summed E-state index contributed by atoms with van der Waals surface area (Å²) in [6.07, 6.45) is 3.77. The van der Waals surface area contributed by atoms with Gasteiger partial charge in [0, 0.05) is 31.2 Å². The van der Waals surface area contributed by atoms with Gasteiger partial charge in [-0.3, -0.25) is 4.90 Å². The van der Waals surface area contributed by atoms with E-state index in [0.717, 1.165) is 37.5 Å². The zero-order valence-corrected chi connectivity index (χ0v) is 13.6.